The van der Waals surface area contributed by atoms with Crippen molar-refractivity contribution in [2.24, 2.45) is 0 Å². The van der Waals surface area contributed by atoms with Gasteiger partial charge in [-0.05, 0) is 20.5 Å². The van der Waals surface area contributed by atoms with Crippen molar-refractivity contribution >= 4 is 9.39 Å². The van der Waals surface area contributed by atoms with Crippen molar-refractivity contribution < 1.29 is 0 Å². The second kappa shape index (κ2) is 7.50. The largest absolute Gasteiger partial charge is 0.293 e. The van der Waals surface area contributed by atoms with Gasteiger partial charge in [0, 0.05) is 0 Å². The molecule has 10 heavy (non-hydrogen) atoms. The van der Waals surface area contributed by atoms with Crippen LogP contribution in [0.15, 0.2) is 0 Å². The van der Waals surface area contributed by atoms with Crippen molar-refractivity contribution in [3.63, 3.8) is 0 Å². The van der Waals surface area contributed by atoms with Crippen molar-refractivity contribution in [2.45, 2.75) is 32.1 Å². The Bertz CT molecular complexity index is 46.0. The predicted octanol–water partition coefficient (Wildman–Crippen LogP) is 2.49. The Labute approximate surface area is 67.4 Å². The topological polar surface area (TPSA) is 3.24 Å². The molecule has 0 aromatic heterocycles. The summed E-state index contributed by atoms with van der Waals surface area (Å²) in [6, 6.07) is 0. The molecule has 0 bridgehead atoms. The van der Waals surface area contributed by atoms with E-state index in [-0.39, 0.29) is 0 Å². The lowest BCUT2D eigenvalue weighted by Gasteiger charge is -2.05. The van der Waals surface area contributed by atoms with Crippen molar-refractivity contribution in [1.29, 1.82) is 0 Å². The summed E-state index contributed by atoms with van der Waals surface area (Å²) in [5.74, 6) is 0. The third-order valence-electron chi connectivity index (χ3n) is 1.32. The van der Waals surface area contributed by atoms with E-state index in [1.165, 1.54) is 32.1 Å². The summed E-state index contributed by atoms with van der Waals surface area (Å²) in [5.41, 5.74) is 0. The Morgan fingerprint density at radius 2 is 1.50 bits per heavy atom. The SMILES string of the molecule is CN(C)P.[CH]1CCCCC1. The minimum atomic E-state index is 1.38. The molecule has 0 amide bonds. The molecule has 1 aliphatic rings. The molecule has 1 radical (unpaired) electrons. The van der Waals surface area contributed by atoms with Gasteiger partial charge in [-0.2, -0.15) is 0 Å². The second-order valence-electron chi connectivity index (χ2n) is 2.89. The Hall–Kier alpha value is 0.390. The third kappa shape index (κ3) is 11.2. The predicted molar refractivity (Wildman–Crippen MR) is 50.8 cm³/mol. The number of hydrogen-bond acceptors (Lipinski definition) is 1. The van der Waals surface area contributed by atoms with E-state index < -0.39 is 0 Å². The maximum absolute atomic E-state index is 2.49. The van der Waals surface area contributed by atoms with Gasteiger partial charge in [-0.1, -0.05) is 41.5 Å². The van der Waals surface area contributed by atoms with E-state index in [1.807, 2.05) is 18.8 Å². The first-order valence-electron chi connectivity index (χ1n) is 3.97. The summed E-state index contributed by atoms with van der Waals surface area (Å²) in [6.07, 6.45) is 9.50. The van der Waals surface area contributed by atoms with E-state index >= 15 is 0 Å². The lowest BCUT2D eigenvalue weighted by atomic mass is 10.0. The second-order valence-corrected chi connectivity index (χ2v) is 3.92. The van der Waals surface area contributed by atoms with Crippen LogP contribution >= 0.6 is 9.39 Å². The molecule has 1 rings (SSSR count). The molecule has 1 fully saturated rings. The summed E-state index contributed by atoms with van der Waals surface area (Å²) in [5, 5.41) is 0. The lowest BCUT2D eigenvalue weighted by molar-refractivity contribution is 0.593. The molecule has 0 spiro atoms. The fourth-order valence-electron chi connectivity index (χ4n) is 0.898. The zero-order valence-electron chi connectivity index (χ0n) is 7.14. The van der Waals surface area contributed by atoms with Gasteiger partial charge in [0.05, 0.1) is 0 Å². The average molecular weight is 160 g/mol. The first-order chi connectivity index (χ1) is 4.73. The highest BCUT2D eigenvalue weighted by Gasteiger charge is 1.95. The van der Waals surface area contributed by atoms with Gasteiger partial charge in [0.25, 0.3) is 0 Å². The molecule has 0 heterocycles. The highest BCUT2D eigenvalue weighted by molar-refractivity contribution is 7.13. The zero-order valence-corrected chi connectivity index (χ0v) is 8.29. The Balaban J connectivity index is 0.000000180. The Kier molecular flexibility index (Phi) is 7.79. The molecular formula is C8H19NP. The first-order valence-corrected chi connectivity index (χ1v) is 4.49. The third-order valence-corrected chi connectivity index (χ3v) is 1.32. The summed E-state index contributed by atoms with van der Waals surface area (Å²) in [4.78, 5) is 0. The summed E-state index contributed by atoms with van der Waals surface area (Å²) in [6.45, 7) is 0. The monoisotopic (exact) mass is 160 g/mol. The van der Waals surface area contributed by atoms with Crippen LogP contribution in [0.5, 0.6) is 0 Å². The van der Waals surface area contributed by atoms with Crippen LogP contribution in [0.2, 0.25) is 0 Å². The van der Waals surface area contributed by atoms with E-state index in [0.29, 0.717) is 0 Å². The summed E-state index contributed by atoms with van der Waals surface area (Å²) < 4.78 is 1.92. The van der Waals surface area contributed by atoms with Gasteiger partial charge in [-0.15, -0.1) is 0 Å². The minimum Gasteiger partial charge on any atom is -0.293 e. The van der Waals surface area contributed by atoms with Crippen LogP contribution in [0.3, 0.4) is 0 Å². The fourth-order valence-corrected chi connectivity index (χ4v) is 0.898. The van der Waals surface area contributed by atoms with Crippen molar-refractivity contribution in [2.75, 3.05) is 14.1 Å². The van der Waals surface area contributed by atoms with Crippen molar-refractivity contribution in [3.8, 4) is 0 Å². The highest BCUT2D eigenvalue weighted by Crippen LogP contribution is 2.14. The molecule has 1 aliphatic carbocycles. The maximum Gasteiger partial charge on any atom is -0.0102 e. The normalized spacial score (nSPS) is 18.0. The van der Waals surface area contributed by atoms with Gasteiger partial charge in [0.15, 0.2) is 0 Å². The van der Waals surface area contributed by atoms with Gasteiger partial charge in [0.1, 0.15) is 0 Å². The summed E-state index contributed by atoms with van der Waals surface area (Å²) >= 11 is 0. The molecule has 0 aromatic carbocycles. The van der Waals surface area contributed by atoms with Crippen molar-refractivity contribution in [3.05, 3.63) is 6.42 Å². The number of rotatable bonds is 0. The first kappa shape index (κ1) is 10.4. The van der Waals surface area contributed by atoms with E-state index in [9.17, 15) is 0 Å². The van der Waals surface area contributed by atoms with Crippen LogP contribution in [-0.2, 0) is 0 Å². The molecule has 61 valence electrons. The van der Waals surface area contributed by atoms with E-state index in [4.69, 9.17) is 0 Å². The quantitative estimate of drug-likeness (QED) is 0.492. The lowest BCUT2D eigenvalue weighted by Crippen LogP contribution is -1.88. The van der Waals surface area contributed by atoms with Gasteiger partial charge in [0.2, 0.25) is 0 Å². The molecule has 1 saturated carbocycles. The average Bonchev–Trinajstić information content (AvgIpc) is 1.90. The van der Waals surface area contributed by atoms with Gasteiger partial charge >= 0.3 is 0 Å². The molecular weight excluding hydrogens is 141 g/mol. The minimum absolute atomic E-state index is 1.38. The molecule has 2 heteroatoms. The Morgan fingerprint density at radius 3 is 1.60 bits per heavy atom. The molecule has 1 unspecified atom stereocenters. The molecule has 1 nitrogen and oxygen atoms in total. The standard InChI is InChI=1S/C6H11.C2H8NP/c1-2-4-6-5-3-1;1-3(2)4/h1H,2-6H2;4H2,1-2H3. The molecule has 0 saturated heterocycles. The van der Waals surface area contributed by atoms with Crippen LogP contribution in [0.1, 0.15) is 32.1 Å². The Morgan fingerprint density at radius 1 is 1.10 bits per heavy atom. The highest BCUT2D eigenvalue weighted by atomic mass is 31.0. The molecule has 0 N–H and O–H groups in total. The van der Waals surface area contributed by atoms with Crippen LogP contribution in [0.25, 0.3) is 0 Å². The van der Waals surface area contributed by atoms with Gasteiger partial charge in [-0.25, -0.2) is 0 Å². The van der Waals surface area contributed by atoms with Gasteiger partial charge < -0.3 is 0 Å². The summed E-state index contributed by atoms with van der Waals surface area (Å²) in [7, 11) is 6.42. The fraction of sp³-hybridized carbons (Fsp3) is 0.875. The number of hydrogen-bond donors (Lipinski definition) is 0. The zero-order chi connectivity index (χ0) is 7.82. The van der Waals surface area contributed by atoms with Crippen molar-refractivity contribution in [1.82, 2.24) is 4.67 Å². The van der Waals surface area contributed by atoms with E-state index in [1.54, 1.807) is 0 Å². The van der Waals surface area contributed by atoms with E-state index in [0.717, 1.165) is 0 Å². The molecule has 1 atom stereocenters. The van der Waals surface area contributed by atoms with Gasteiger partial charge in [-0.3, -0.25) is 4.67 Å². The maximum atomic E-state index is 2.49. The van der Waals surface area contributed by atoms with E-state index in [2.05, 4.69) is 15.8 Å². The van der Waals surface area contributed by atoms with Crippen LogP contribution in [0, 0.1) is 6.42 Å². The number of nitrogens with zero attached hydrogens (tertiary/aromatic N) is 1. The van der Waals surface area contributed by atoms with Crippen LogP contribution in [0.4, 0.5) is 0 Å². The van der Waals surface area contributed by atoms with Crippen LogP contribution in [-0.4, -0.2) is 18.8 Å². The molecule has 0 aliphatic heterocycles. The molecule has 0 aromatic rings. The smallest absolute Gasteiger partial charge is 0.0102 e. The van der Waals surface area contributed by atoms with Crippen LogP contribution < -0.4 is 0 Å².